The number of nitrogens with zero attached hydrogens (tertiary/aromatic N) is 1. The summed E-state index contributed by atoms with van der Waals surface area (Å²) in [5, 5.41) is 8.80. The zero-order valence-electron chi connectivity index (χ0n) is 7.83. The maximum Gasteiger partial charge on any atom is 0.100 e. The molecule has 0 fully saturated rings. The average molecular weight is 255 g/mol. The fourth-order valence-corrected chi connectivity index (χ4v) is 1.47. The molecule has 0 aliphatic rings. The standard InChI is InChI=1S/C10H11BrN2O/c1-14-6-10(13)7-2-3-9(11)8(4-7)5-12/h2-4,10H,6,13H2,1H3. The highest BCUT2D eigenvalue weighted by molar-refractivity contribution is 9.10. The van der Waals surface area contributed by atoms with Crippen molar-refractivity contribution in [2.75, 3.05) is 13.7 Å². The first kappa shape index (κ1) is 11.2. The minimum atomic E-state index is -0.180. The Morgan fingerprint density at radius 2 is 2.36 bits per heavy atom. The van der Waals surface area contributed by atoms with Gasteiger partial charge in [-0.3, -0.25) is 0 Å². The zero-order valence-corrected chi connectivity index (χ0v) is 9.41. The number of ether oxygens (including phenoxy) is 1. The molecule has 1 unspecified atom stereocenters. The number of nitrogens with two attached hydrogens (primary N) is 1. The largest absolute Gasteiger partial charge is 0.383 e. The van der Waals surface area contributed by atoms with Gasteiger partial charge in [-0.2, -0.15) is 5.26 Å². The summed E-state index contributed by atoms with van der Waals surface area (Å²) >= 11 is 3.28. The van der Waals surface area contributed by atoms with Crippen LogP contribution in [0.15, 0.2) is 22.7 Å². The van der Waals surface area contributed by atoms with Crippen LogP contribution in [0.25, 0.3) is 0 Å². The SMILES string of the molecule is COCC(N)c1ccc(Br)c(C#N)c1. The molecule has 1 aromatic carbocycles. The van der Waals surface area contributed by atoms with Gasteiger partial charge in [0.1, 0.15) is 6.07 Å². The summed E-state index contributed by atoms with van der Waals surface area (Å²) in [6.07, 6.45) is 0. The Balaban J connectivity index is 2.95. The highest BCUT2D eigenvalue weighted by Gasteiger charge is 2.07. The van der Waals surface area contributed by atoms with Gasteiger partial charge in [0.05, 0.1) is 18.2 Å². The van der Waals surface area contributed by atoms with Crippen LogP contribution in [0.1, 0.15) is 17.2 Å². The van der Waals surface area contributed by atoms with E-state index in [2.05, 4.69) is 22.0 Å². The lowest BCUT2D eigenvalue weighted by molar-refractivity contribution is 0.181. The first-order chi connectivity index (χ1) is 6.69. The van der Waals surface area contributed by atoms with Crippen molar-refractivity contribution in [2.45, 2.75) is 6.04 Å². The van der Waals surface area contributed by atoms with Gasteiger partial charge in [-0.05, 0) is 33.6 Å². The molecule has 0 aromatic heterocycles. The Labute approximate surface area is 91.6 Å². The molecule has 1 atom stereocenters. The summed E-state index contributed by atoms with van der Waals surface area (Å²) in [5.41, 5.74) is 7.33. The fourth-order valence-electron chi connectivity index (χ4n) is 1.13. The molecule has 0 amide bonds. The first-order valence-corrected chi connectivity index (χ1v) is 4.92. The van der Waals surface area contributed by atoms with E-state index in [-0.39, 0.29) is 6.04 Å². The smallest absolute Gasteiger partial charge is 0.100 e. The molecular weight excluding hydrogens is 244 g/mol. The lowest BCUT2D eigenvalue weighted by Gasteiger charge is -2.11. The number of nitriles is 1. The topological polar surface area (TPSA) is 59.0 Å². The monoisotopic (exact) mass is 254 g/mol. The van der Waals surface area contributed by atoms with Gasteiger partial charge in [-0.15, -0.1) is 0 Å². The molecule has 1 rings (SSSR count). The van der Waals surface area contributed by atoms with Crippen molar-refractivity contribution < 1.29 is 4.74 Å². The number of hydrogen-bond acceptors (Lipinski definition) is 3. The second kappa shape index (κ2) is 5.11. The number of methoxy groups -OCH3 is 1. The second-order valence-electron chi connectivity index (χ2n) is 2.91. The van der Waals surface area contributed by atoms with Crippen LogP contribution in [0.3, 0.4) is 0 Å². The van der Waals surface area contributed by atoms with Crippen LogP contribution < -0.4 is 5.73 Å². The average Bonchev–Trinajstić information content (AvgIpc) is 2.19. The van der Waals surface area contributed by atoms with Gasteiger partial charge in [0, 0.05) is 11.6 Å². The Morgan fingerprint density at radius 1 is 1.64 bits per heavy atom. The number of benzene rings is 1. The molecule has 0 bridgehead atoms. The zero-order chi connectivity index (χ0) is 10.6. The normalized spacial score (nSPS) is 12.1. The minimum Gasteiger partial charge on any atom is -0.383 e. The lowest BCUT2D eigenvalue weighted by Crippen LogP contribution is -2.16. The van der Waals surface area contributed by atoms with E-state index in [9.17, 15) is 0 Å². The van der Waals surface area contributed by atoms with Crippen LogP contribution in [-0.4, -0.2) is 13.7 Å². The molecule has 3 nitrogen and oxygen atoms in total. The van der Waals surface area contributed by atoms with E-state index in [4.69, 9.17) is 15.7 Å². The summed E-state index contributed by atoms with van der Waals surface area (Å²) in [6, 6.07) is 7.39. The Bertz CT molecular complexity index is 360. The van der Waals surface area contributed by atoms with E-state index in [1.165, 1.54) is 0 Å². The summed E-state index contributed by atoms with van der Waals surface area (Å²) < 4.78 is 5.73. The highest BCUT2D eigenvalue weighted by Crippen LogP contribution is 2.20. The van der Waals surface area contributed by atoms with Gasteiger partial charge in [0.15, 0.2) is 0 Å². The van der Waals surface area contributed by atoms with Gasteiger partial charge in [0.25, 0.3) is 0 Å². The van der Waals surface area contributed by atoms with E-state index in [0.717, 1.165) is 10.0 Å². The van der Waals surface area contributed by atoms with Crippen molar-refractivity contribution in [1.82, 2.24) is 0 Å². The molecule has 0 radical (unpaired) electrons. The first-order valence-electron chi connectivity index (χ1n) is 4.13. The Hall–Kier alpha value is -0.890. The van der Waals surface area contributed by atoms with Crippen LogP contribution in [0, 0.1) is 11.3 Å². The molecule has 2 N–H and O–H groups in total. The van der Waals surface area contributed by atoms with Crippen molar-refractivity contribution in [3.8, 4) is 6.07 Å². The van der Waals surface area contributed by atoms with Gasteiger partial charge in [-0.1, -0.05) is 6.07 Å². The van der Waals surface area contributed by atoms with E-state index >= 15 is 0 Å². The van der Waals surface area contributed by atoms with E-state index < -0.39 is 0 Å². The number of rotatable bonds is 3. The molecular formula is C10H11BrN2O. The Kier molecular flexibility index (Phi) is 4.08. The molecule has 0 saturated carbocycles. The molecule has 14 heavy (non-hydrogen) atoms. The summed E-state index contributed by atoms with van der Waals surface area (Å²) in [4.78, 5) is 0. The molecule has 0 aliphatic carbocycles. The molecule has 74 valence electrons. The van der Waals surface area contributed by atoms with E-state index in [0.29, 0.717) is 12.2 Å². The predicted molar refractivity (Wildman–Crippen MR) is 57.7 cm³/mol. The van der Waals surface area contributed by atoms with Crippen molar-refractivity contribution in [3.05, 3.63) is 33.8 Å². The van der Waals surface area contributed by atoms with Crippen LogP contribution in [0.5, 0.6) is 0 Å². The third-order valence-electron chi connectivity index (χ3n) is 1.89. The highest BCUT2D eigenvalue weighted by atomic mass is 79.9. The fraction of sp³-hybridized carbons (Fsp3) is 0.300. The van der Waals surface area contributed by atoms with Gasteiger partial charge in [-0.25, -0.2) is 0 Å². The molecule has 4 heteroatoms. The van der Waals surface area contributed by atoms with E-state index in [1.54, 1.807) is 13.2 Å². The third-order valence-corrected chi connectivity index (χ3v) is 2.58. The van der Waals surface area contributed by atoms with Crippen molar-refractivity contribution >= 4 is 15.9 Å². The third kappa shape index (κ3) is 2.55. The second-order valence-corrected chi connectivity index (χ2v) is 3.77. The number of halogens is 1. The molecule has 0 spiro atoms. The lowest BCUT2D eigenvalue weighted by atomic mass is 10.1. The predicted octanol–water partition coefficient (Wildman–Crippen LogP) is 1.97. The van der Waals surface area contributed by atoms with Crippen molar-refractivity contribution in [3.63, 3.8) is 0 Å². The Morgan fingerprint density at radius 3 is 2.93 bits per heavy atom. The van der Waals surface area contributed by atoms with Crippen LogP contribution in [0.4, 0.5) is 0 Å². The van der Waals surface area contributed by atoms with Gasteiger partial charge >= 0.3 is 0 Å². The van der Waals surface area contributed by atoms with Crippen LogP contribution in [-0.2, 0) is 4.74 Å². The summed E-state index contributed by atoms with van der Waals surface area (Å²) in [6.45, 7) is 0.451. The maximum atomic E-state index is 8.80. The summed E-state index contributed by atoms with van der Waals surface area (Å²) in [7, 11) is 1.60. The van der Waals surface area contributed by atoms with Crippen molar-refractivity contribution in [2.24, 2.45) is 5.73 Å². The van der Waals surface area contributed by atoms with Crippen molar-refractivity contribution in [1.29, 1.82) is 5.26 Å². The quantitative estimate of drug-likeness (QED) is 0.898. The van der Waals surface area contributed by atoms with Gasteiger partial charge < -0.3 is 10.5 Å². The van der Waals surface area contributed by atoms with Crippen LogP contribution >= 0.6 is 15.9 Å². The summed E-state index contributed by atoms with van der Waals surface area (Å²) in [5.74, 6) is 0. The molecule has 0 saturated heterocycles. The molecule has 1 aromatic rings. The van der Waals surface area contributed by atoms with Crippen LogP contribution in [0.2, 0.25) is 0 Å². The number of hydrogen-bond donors (Lipinski definition) is 1. The molecule has 0 heterocycles. The van der Waals surface area contributed by atoms with E-state index in [1.807, 2.05) is 12.1 Å². The molecule has 0 aliphatic heterocycles. The minimum absolute atomic E-state index is 0.180. The maximum absolute atomic E-state index is 8.80. The van der Waals surface area contributed by atoms with Gasteiger partial charge in [0.2, 0.25) is 0 Å².